The van der Waals surface area contributed by atoms with Gasteiger partial charge in [0.15, 0.2) is 5.70 Å². The second-order valence-corrected chi connectivity index (χ2v) is 5.57. The fourth-order valence-electron chi connectivity index (χ4n) is 1.96. The third-order valence-electron chi connectivity index (χ3n) is 2.89. The number of aromatic nitrogens is 1. The minimum Gasteiger partial charge on any atom is -0.401 e. The number of pyridine rings is 1. The Morgan fingerprint density at radius 3 is 2.86 bits per heavy atom. The van der Waals surface area contributed by atoms with Crippen molar-refractivity contribution < 1.29 is 9.53 Å². The normalized spacial score (nSPS) is 16.0. The fraction of sp³-hybridized carbons (Fsp3) is 0.133. The number of rotatable bonds is 3. The molecule has 6 heteroatoms. The maximum absolute atomic E-state index is 11.9. The van der Waals surface area contributed by atoms with Crippen LogP contribution >= 0.6 is 11.3 Å². The number of hydrogen-bond donors (Lipinski definition) is 0. The monoisotopic (exact) mass is 299 g/mol. The molecule has 0 aliphatic carbocycles. The van der Waals surface area contributed by atoms with Crippen molar-refractivity contribution in [1.82, 2.24) is 4.98 Å². The lowest BCUT2D eigenvalue weighted by Gasteiger charge is -2.13. The fourth-order valence-corrected chi connectivity index (χ4v) is 2.61. The number of anilines is 1. The number of nitrogens with zero attached hydrogens (tertiary/aromatic N) is 3. The van der Waals surface area contributed by atoms with Gasteiger partial charge in [-0.15, -0.1) is 11.3 Å². The molecule has 0 bridgehead atoms. The largest absolute Gasteiger partial charge is 0.401 e. The van der Waals surface area contributed by atoms with E-state index in [9.17, 15) is 4.79 Å². The van der Waals surface area contributed by atoms with E-state index in [1.54, 1.807) is 12.3 Å². The van der Waals surface area contributed by atoms with Crippen molar-refractivity contribution >= 4 is 35.1 Å². The van der Waals surface area contributed by atoms with E-state index in [-0.39, 0.29) is 5.70 Å². The summed E-state index contributed by atoms with van der Waals surface area (Å²) in [6, 6.07) is 7.48. The number of aliphatic imine (C=N–C) groups is 1. The third kappa shape index (κ3) is 2.71. The lowest BCUT2D eigenvalue weighted by Crippen LogP contribution is -2.12. The van der Waals surface area contributed by atoms with Crippen LogP contribution in [-0.4, -0.2) is 30.9 Å². The molecule has 1 aliphatic heterocycles. The predicted octanol–water partition coefficient (Wildman–Crippen LogP) is 2.55. The van der Waals surface area contributed by atoms with Gasteiger partial charge in [-0.3, -0.25) is 0 Å². The highest BCUT2D eigenvalue weighted by Crippen LogP contribution is 2.24. The first kappa shape index (κ1) is 13.5. The molecule has 106 valence electrons. The van der Waals surface area contributed by atoms with Crippen LogP contribution in [0.2, 0.25) is 0 Å². The van der Waals surface area contributed by atoms with Gasteiger partial charge < -0.3 is 9.64 Å². The molecule has 0 fully saturated rings. The van der Waals surface area contributed by atoms with Gasteiger partial charge in [0.05, 0.1) is 4.88 Å². The number of cyclic esters (lactones) is 1. The van der Waals surface area contributed by atoms with Crippen LogP contribution in [0.3, 0.4) is 0 Å². The Hall–Kier alpha value is -2.47. The summed E-state index contributed by atoms with van der Waals surface area (Å²) in [5.74, 6) is 0.695. The summed E-state index contributed by atoms with van der Waals surface area (Å²) in [6.45, 7) is 0. The summed E-state index contributed by atoms with van der Waals surface area (Å²) in [6.07, 6.45) is 3.41. The Morgan fingerprint density at radius 1 is 1.29 bits per heavy atom. The van der Waals surface area contributed by atoms with E-state index in [0.717, 1.165) is 16.3 Å². The van der Waals surface area contributed by atoms with Crippen molar-refractivity contribution in [2.24, 2.45) is 4.99 Å². The van der Waals surface area contributed by atoms with Gasteiger partial charge in [-0.05, 0) is 29.7 Å². The molecule has 1 aliphatic rings. The number of carbonyl (C=O) groups is 1. The van der Waals surface area contributed by atoms with E-state index in [2.05, 4.69) is 9.98 Å². The summed E-state index contributed by atoms with van der Waals surface area (Å²) < 4.78 is 5.21. The number of thiophene rings is 1. The van der Waals surface area contributed by atoms with Gasteiger partial charge in [-0.1, -0.05) is 6.07 Å². The van der Waals surface area contributed by atoms with Gasteiger partial charge in [0, 0.05) is 25.9 Å². The van der Waals surface area contributed by atoms with Crippen molar-refractivity contribution in [2.75, 3.05) is 19.0 Å². The zero-order valence-corrected chi connectivity index (χ0v) is 12.4. The van der Waals surface area contributed by atoms with E-state index in [0.29, 0.717) is 5.90 Å². The summed E-state index contributed by atoms with van der Waals surface area (Å²) in [5, 5.41) is 1.92. The van der Waals surface area contributed by atoms with E-state index < -0.39 is 5.97 Å². The van der Waals surface area contributed by atoms with Gasteiger partial charge >= 0.3 is 5.97 Å². The minimum absolute atomic E-state index is 0.287. The zero-order valence-electron chi connectivity index (χ0n) is 11.6. The number of esters is 1. The topological polar surface area (TPSA) is 54.8 Å². The molecule has 0 amide bonds. The highest BCUT2D eigenvalue weighted by Gasteiger charge is 2.25. The zero-order chi connectivity index (χ0) is 14.8. The van der Waals surface area contributed by atoms with Gasteiger partial charge in [-0.2, -0.15) is 0 Å². The van der Waals surface area contributed by atoms with E-state index in [4.69, 9.17) is 4.74 Å². The van der Waals surface area contributed by atoms with Gasteiger partial charge in [0.1, 0.15) is 5.82 Å². The maximum Gasteiger partial charge on any atom is 0.363 e. The minimum atomic E-state index is -0.438. The number of hydrogen-bond acceptors (Lipinski definition) is 6. The lowest BCUT2D eigenvalue weighted by atomic mass is 10.2. The Bertz CT molecular complexity index is 733. The molecule has 2 aromatic heterocycles. The van der Waals surface area contributed by atoms with Gasteiger partial charge in [0.25, 0.3) is 0 Å². The molecule has 0 aromatic carbocycles. The van der Waals surface area contributed by atoms with E-state index >= 15 is 0 Å². The maximum atomic E-state index is 11.9. The second kappa shape index (κ2) is 5.49. The molecule has 0 saturated carbocycles. The summed E-state index contributed by atoms with van der Waals surface area (Å²) in [5.41, 5.74) is 1.11. The molecular weight excluding hydrogens is 286 g/mol. The molecule has 0 atom stereocenters. The molecular formula is C15H13N3O2S. The van der Waals surface area contributed by atoms with Crippen molar-refractivity contribution in [1.29, 1.82) is 0 Å². The highest BCUT2D eigenvalue weighted by molar-refractivity contribution is 7.12. The van der Waals surface area contributed by atoms with Crippen molar-refractivity contribution in [3.63, 3.8) is 0 Å². The van der Waals surface area contributed by atoms with Crippen LogP contribution in [0.25, 0.3) is 6.08 Å². The third-order valence-corrected chi connectivity index (χ3v) is 3.74. The first-order valence-electron chi connectivity index (χ1n) is 6.34. The van der Waals surface area contributed by atoms with Crippen molar-refractivity contribution in [3.05, 3.63) is 52.0 Å². The molecule has 2 aromatic rings. The molecule has 0 saturated heterocycles. The van der Waals surface area contributed by atoms with E-state index in [1.807, 2.05) is 48.6 Å². The van der Waals surface area contributed by atoms with Crippen LogP contribution in [0.4, 0.5) is 5.82 Å². The first-order chi connectivity index (χ1) is 10.1. The Balaban J connectivity index is 1.99. The second-order valence-electron chi connectivity index (χ2n) is 4.62. The number of ether oxygens (including phenoxy) is 1. The van der Waals surface area contributed by atoms with Gasteiger partial charge in [0.2, 0.25) is 5.90 Å². The number of carbonyl (C=O) groups excluding carboxylic acids is 1. The van der Waals surface area contributed by atoms with Crippen LogP contribution in [0.15, 0.2) is 46.5 Å². The molecule has 3 heterocycles. The average molecular weight is 299 g/mol. The summed E-state index contributed by atoms with van der Waals surface area (Å²) in [7, 11) is 3.80. The molecule has 5 nitrogen and oxygen atoms in total. The molecule has 21 heavy (non-hydrogen) atoms. The smallest absolute Gasteiger partial charge is 0.363 e. The van der Waals surface area contributed by atoms with Crippen LogP contribution in [-0.2, 0) is 9.53 Å². The van der Waals surface area contributed by atoms with Gasteiger partial charge in [-0.25, -0.2) is 14.8 Å². The average Bonchev–Trinajstić information content (AvgIpc) is 3.10. The van der Waals surface area contributed by atoms with Crippen molar-refractivity contribution in [2.45, 2.75) is 0 Å². The van der Waals surface area contributed by atoms with Crippen molar-refractivity contribution in [3.8, 4) is 0 Å². The van der Waals surface area contributed by atoms with Crippen LogP contribution in [0.1, 0.15) is 10.4 Å². The SMILES string of the molecule is CN(C)c1ncccc1C=C1N=C(c2cccs2)OC1=O. The highest BCUT2D eigenvalue weighted by atomic mass is 32.1. The quantitative estimate of drug-likeness (QED) is 0.645. The summed E-state index contributed by atoms with van der Waals surface area (Å²) in [4.78, 5) is 23.2. The Kier molecular flexibility index (Phi) is 3.53. The lowest BCUT2D eigenvalue weighted by molar-refractivity contribution is -0.129. The standard InChI is InChI=1S/C15H13N3O2S/c1-18(2)13-10(5-3-7-16-13)9-11-15(19)20-14(17-11)12-6-4-8-21-12/h3-9H,1-2H3. The van der Waals surface area contributed by atoms with E-state index in [1.165, 1.54) is 11.3 Å². The Labute approximate surface area is 126 Å². The first-order valence-corrected chi connectivity index (χ1v) is 7.22. The summed E-state index contributed by atoms with van der Waals surface area (Å²) >= 11 is 1.48. The predicted molar refractivity (Wildman–Crippen MR) is 83.5 cm³/mol. The van der Waals surface area contributed by atoms with Crippen LogP contribution in [0, 0.1) is 0 Å². The molecule has 3 rings (SSSR count). The molecule has 0 N–H and O–H groups in total. The molecule has 0 radical (unpaired) electrons. The van der Waals surface area contributed by atoms with Crippen LogP contribution < -0.4 is 4.90 Å². The molecule has 0 spiro atoms. The van der Waals surface area contributed by atoms with Crippen LogP contribution in [0.5, 0.6) is 0 Å². The Morgan fingerprint density at radius 2 is 2.14 bits per heavy atom. The molecule has 0 unspecified atom stereocenters.